The third-order valence-electron chi connectivity index (χ3n) is 0.746. The first-order chi connectivity index (χ1) is 3.89. The second-order valence-corrected chi connectivity index (χ2v) is 1.85. The smallest absolute Gasteiger partial charge is 0.0559 e. The Morgan fingerprint density at radius 1 is 1.38 bits per heavy atom. The largest absolute Gasteiger partial charge is 0.263 e. The molecule has 40 valence electrons. The van der Waals surface area contributed by atoms with Gasteiger partial charge in [0.25, 0.3) is 0 Å². The van der Waals surface area contributed by atoms with Gasteiger partial charge < -0.3 is 0 Å². The van der Waals surface area contributed by atoms with Crippen molar-refractivity contribution >= 4 is 12.2 Å². The van der Waals surface area contributed by atoms with Crippen LogP contribution in [-0.2, 0) is 0 Å². The molecule has 0 fully saturated rings. The molecule has 1 rings (SSSR count). The Bertz CT molecular complexity index is 199. The molecule has 0 saturated heterocycles. The van der Waals surface area contributed by atoms with Crippen LogP contribution in [0.3, 0.4) is 0 Å². The molecule has 0 amide bonds. The van der Waals surface area contributed by atoms with E-state index in [0.29, 0.717) is 0 Å². The first-order valence-electron chi connectivity index (χ1n) is 2.30. The maximum Gasteiger partial charge on any atom is 0.0559 e. The average molecular weight is 123 g/mol. The van der Waals surface area contributed by atoms with E-state index in [1.165, 1.54) is 0 Å². The maximum atomic E-state index is 4.82. The monoisotopic (exact) mass is 123 g/mol. The highest BCUT2D eigenvalue weighted by Crippen LogP contribution is 1.82. The summed E-state index contributed by atoms with van der Waals surface area (Å²) < 4.78 is 0.773. The molecular formula is C6H5NS. The fourth-order valence-corrected chi connectivity index (χ4v) is 0.549. The molecule has 8 heavy (non-hydrogen) atoms. The zero-order valence-corrected chi connectivity index (χ0v) is 5.06. The van der Waals surface area contributed by atoms with Gasteiger partial charge >= 0.3 is 0 Å². The van der Waals surface area contributed by atoms with Crippen LogP contribution in [0.25, 0.3) is 0 Å². The van der Waals surface area contributed by atoms with E-state index in [1.807, 2.05) is 18.2 Å². The van der Waals surface area contributed by atoms with Gasteiger partial charge in [-0.25, -0.2) is 0 Å². The second-order valence-electron chi connectivity index (χ2n) is 1.38. The lowest BCUT2D eigenvalue weighted by Crippen LogP contribution is -1.52. The fraction of sp³-hybridized carbons (Fsp3) is 0. The Kier molecular flexibility index (Phi) is 1.70. The molecule has 0 spiro atoms. The van der Waals surface area contributed by atoms with Gasteiger partial charge in [0, 0.05) is 12.4 Å². The predicted octanol–water partition coefficient (Wildman–Crippen LogP) is 1.81. The van der Waals surface area contributed by atoms with Gasteiger partial charge in [-0.2, -0.15) is 0 Å². The van der Waals surface area contributed by atoms with Gasteiger partial charge in [-0.05, 0) is 12.1 Å². The second kappa shape index (κ2) is 2.52. The van der Waals surface area contributed by atoms with Crippen molar-refractivity contribution in [2.45, 2.75) is 0 Å². The van der Waals surface area contributed by atoms with E-state index >= 15 is 0 Å². The SMILES string of the molecule is S=c1ccccnc1. The first kappa shape index (κ1) is 5.38. The van der Waals surface area contributed by atoms with Crippen LogP contribution in [0.1, 0.15) is 0 Å². The molecule has 0 saturated carbocycles. The number of rotatable bonds is 0. The number of nitrogens with zero attached hydrogens (tertiary/aromatic N) is 1. The van der Waals surface area contributed by atoms with Crippen molar-refractivity contribution in [1.29, 1.82) is 0 Å². The summed E-state index contributed by atoms with van der Waals surface area (Å²) >= 11 is 4.82. The van der Waals surface area contributed by atoms with Crippen LogP contribution in [0.2, 0.25) is 0 Å². The molecular weight excluding hydrogens is 118 g/mol. The van der Waals surface area contributed by atoms with Crippen molar-refractivity contribution in [3.63, 3.8) is 0 Å². The zero-order valence-electron chi connectivity index (χ0n) is 4.24. The molecule has 1 aromatic rings. The number of hydrogen-bond acceptors (Lipinski definition) is 2. The van der Waals surface area contributed by atoms with Gasteiger partial charge in [0.2, 0.25) is 0 Å². The summed E-state index contributed by atoms with van der Waals surface area (Å²) in [5.41, 5.74) is 0. The molecule has 0 aliphatic rings. The highest BCUT2D eigenvalue weighted by atomic mass is 32.1. The first-order valence-corrected chi connectivity index (χ1v) is 2.71. The highest BCUT2D eigenvalue weighted by molar-refractivity contribution is 7.71. The Morgan fingerprint density at radius 3 is 3.12 bits per heavy atom. The Balaban J connectivity index is 3.32. The van der Waals surface area contributed by atoms with Crippen molar-refractivity contribution in [2.75, 3.05) is 0 Å². The van der Waals surface area contributed by atoms with Crippen molar-refractivity contribution in [1.82, 2.24) is 4.98 Å². The third kappa shape index (κ3) is 1.39. The topological polar surface area (TPSA) is 12.9 Å². The minimum atomic E-state index is 0.773. The summed E-state index contributed by atoms with van der Waals surface area (Å²) in [6.45, 7) is 0. The van der Waals surface area contributed by atoms with Crippen molar-refractivity contribution in [3.05, 3.63) is 35.1 Å². The lowest BCUT2D eigenvalue weighted by molar-refractivity contribution is 1.36. The normalized spacial score (nSPS) is 8.50. The van der Waals surface area contributed by atoms with E-state index in [-0.39, 0.29) is 0 Å². The van der Waals surface area contributed by atoms with Gasteiger partial charge in [-0.3, -0.25) is 4.98 Å². The Labute approximate surface area is 53.0 Å². The Hall–Kier alpha value is -0.760. The molecule has 0 aliphatic carbocycles. The molecule has 0 atom stereocenters. The summed E-state index contributed by atoms with van der Waals surface area (Å²) in [7, 11) is 0. The van der Waals surface area contributed by atoms with E-state index in [4.69, 9.17) is 12.2 Å². The molecule has 0 aromatic carbocycles. The van der Waals surface area contributed by atoms with Crippen LogP contribution < -0.4 is 0 Å². The summed E-state index contributed by atoms with van der Waals surface area (Å²) in [5, 5.41) is 0. The van der Waals surface area contributed by atoms with E-state index in [9.17, 15) is 0 Å². The highest BCUT2D eigenvalue weighted by Gasteiger charge is 1.66. The standard InChI is InChI=1S/C6H5NS/c8-6-3-1-2-4-7-5-6/h1-5H. The van der Waals surface area contributed by atoms with Crippen LogP contribution in [0.5, 0.6) is 0 Å². The number of hydrogen-bond donors (Lipinski definition) is 0. The predicted molar refractivity (Wildman–Crippen MR) is 35.1 cm³/mol. The van der Waals surface area contributed by atoms with Crippen LogP contribution >= 0.6 is 12.2 Å². The van der Waals surface area contributed by atoms with Crippen molar-refractivity contribution in [2.24, 2.45) is 0 Å². The molecule has 0 radical (unpaired) electrons. The molecule has 1 heterocycles. The number of aromatic nitrogens is 1. The molecule has 0 aliphatic heterocycles. The van der Waals surface area contributed by atoms with Crippen molar-refractivity contribution in [3.8, 4) is 0 Å². The fourth-order valence-electron chi connectivity index (χ4n) is 0.409. The van der Waals surface area contributed by atoms with Gasteiger partial charge in [0.15, 0.2) is 0 Å². The van der Waals surface area contributed by atoms with Crippen LogP contribution in [0, 0.1) is 4.51 Å². The summed E-state index contributed by atoms with van der Waals surface area (Å²) in [6.07, 6.45) is 3.35. The summed E-state index contributed by atoms with van der Waals surface area (Å²) in [4.78, 5) is 3.84. The molecule has 1 aromatic heterocycles. The molecule has 0 N–H and O–H groups in total. The third-order valence-corrected chi connectivity index (χ3v) is 0.987. The van der Waals surface area contributed by atoms with Gasteiger partial charge in [0.1, 0.15) is 0 Å². The minimum absolute atomic E-state index is 0.773. The average Bonchev–Trinajstić information content (AvgIpc) is 1.94. The summed E-state index contributed by atoms with van der Waals surface area (Å²) in [6, 6.07) is 5.55. The lowest BCUT2D eigenvalue weighted by atomic mass is 10.5. The van der Waals surface area contributed by atoms with Gasteiger partial charge in [-0.15, -0.1) is 0 Å². The van der Waals surface area contributed by atoms with Crippen LogP contribution in [-0.4, -0.2) is 4.98 Å². The minimum Gasteiger partial charge on any atom is -0.263 e. The van der Waals surface area contributed by atoms with Crippen LogP contribution in [0.15, 0.2) is 30.6 Å². The summed E-state index contributed by atoms with van der Waals surface area (Å²) in [5.74, 6) is 0. The lowest BCUT2D eigenvalue weighted by Gasteiger charge is -1.59. The van der Waals surface area contributed by atoms with E-state index < -0.39 is 0 Å². The molecule has 0 unspecified atom stereocenters. The molecule has 1 nitrogen and oxygen atoms in total. The maximum absolute atomic E-state index is 4.82. The van der Waals surface area contributed by atoms with Crippen LogP contribution in [0.4, 0.5) is 0 Å². The quantitative estimate of drug-likeness (QED) is 0.488. The Morgan fingerprint density at radius 2 is 2.25 bits per heavy atom. The van der Waals surface area contributed by atoms with E-state index in [2.05, 4.69) is 4.98 Å². The van der Waals surface area contributed by atoms with E-state index in [1.54, 1.807) is 12.4 Å². The zero-order chi connectivity index (χ0) is 5.82. The van der Waals surface area contributed by atoms with E-state index in [0.717, 1.165) is 4.51 Å². The van der Waals surface area contributed by atoms with Crippen molar-refractivity contribution < 1.29 is 0 Å². The molecule has 0 bridgehead atoms. The molecule has 2 heteroatoms. The van der Waals surface area contributed by atoms with Gasteiger partial charge in [0.05, 0.1) is 4.51 Å². The van der Waals surface area contributed by atoms with Gasteiger partial charge in [-0.1, -0.05) is 18.3 Å².